The van der Waals surface area contributed by atoms with Crippen molar-refractivity contribution in [1.82, 2.24) is 9.97 Å². The van der Waals surface area contributed by atoms with Crippen molar-refractivity contribution in [1.29, 1.82) is 0 Å². The van der Waals surface area contributed by atoms with E-state index in [2.05, 4.69) is 20.0 Å². The SMILES string of the molecule is COC(=O)c1ccc2nc(-c3ccc(NCc4cccc(OC(F)(F)F)c4)nc3)oc2c1. The number of esters is 1. The van der Waals surface area contributed by atoms with Crippen LogP contribution in [0.5, 0.6) is 5.75 Å². The molecule has 7 nitrogen and oxygen atoms in total. The topological polar surface area (TPSA) is 86.5 Å². The number of methoxy groups -OCH3 is 1. The van der Waals surface area contributed by atoms with Gasteiger partial charge in [0.1, 0.15) is 17.1 Å². The van der Waals surface area contributed by atoms with Gasteiger partial charge in [0.15, 0.2) is 5.58 Å². The molecule has 0 bridgehead atoms. The number of nitrogens with zero attached hydrogens (tertiary/aromatic N) is 2. The van der Waals surface area contributed by atoms with Crippen molar-refractivity contribution < 1.29 is 31.9 Å². The number of halogens is 3. The highest BCUT2D eigenvalue weighted by Crippen LogP contribution is 2.26. The first-order valence-corrected chi connectivity index (χ1v) is 9.34. The summed E-state index contributed by atoms with van der Waals surface area (Å²) >= 11 is 0. The highest BCUT2D eigenvalue weighted by Gasteiger charge is 2.31. The minimum Gasteiger partial charge on any atom is -0.465 e. The summed E-state index contributed by atoms with van der Waals surface area (Å²) in [7, 11) is 1.30. The molecular weight excluding hydrogens is 427 g/mol. The van der Waals surface area contributed by atoms with Crippen molar-refractivity contribution in [3.8, 4) is 17.2 Å². The largest absolute Gasteiger partial charge is 0.573 e. The monoisotopic (exact) mass is 443 g/mol. The van der Waals surface area contributed by atoms with Crippen LogP contribution in [0.15, 0.2) is 65.2 Å². The molecule has 10 heteroatoms. The maximum Gasteiger partial charge on any atom is 0.573 e. The number of benzene rings is 2. The lowest BCUT2D eigenvalue weighted by molar-refractivity contribution is -0.274. The zero-order valence-corrected chi connectivity index (χ0v) is 16.6. The van der Waals surface area contributed by atoms with E-state index < -0.39 is 12.3 Å². The van der Waals surface area contributed by atoms with Gasteiger partial charge in [-0.2, -0.15) is 0 Å². The third-order valence-electron chi connectivity index (χ3n) is 4.43. The molecule has 1 N–H and O–H groups in total. The molecule has 0 aliphatic rings. The van der Waals surface area contributed by atoms with E-state index in [1.54, 1.807) is 42.6 Å². The van der Waals surface area contributed by atoms with Gasteiger partial charge in [0.2, 0.25) is 5.89 Å². The second-order valence-corrected chi connectivity index (χ2v) is 6.67. The zero-order chi connectivity index (χ0) is 22.7. The summed E-state index contributed by atoms with van der Waals surface area (Å²) in [6.07, 6.45) is -3.19. The van der Waals surface area contributed by atoms with Crippen LogP contribution in [0, 0.1) is 0 Å². The number of anilines is 1. The molecule has 4 rings (SSSR count). The molecule has 0 saturated carbocycles. The van der Waals surface area contributed by atoms with Gasteiger partial charge in [-0.15, -0.1) is 13.2 Å². The molecule has 4 aromatic rings. The second-order valence-electron chi connectivity index (χ2n) is 6.67. The van der Waals surface area contributed by atoms with E-state index in [1.165, 1.54) is 25.3 Å². The van der Waals surface area contributed by atoms with Gasteiger partial charge in [-0.3, -0.25) is 0 Å². The molecule has 0 fully saturated rings. The van der Waals surface area contributed by atoms with E-state index in [9.17, 15) is 18.0 Å². The Labute approximate surface area is 179 Å². The third kappa shape index (κ3) is 4.97. The fourth-order valence-corrected chi connectivity index (χ4v) is 2.96. The lowest BCUT2D eigenvalue weighted by atomic mass is 10.2. The fraction of sp³-hybridized carbons (Fsp3) is 0.136. The normalized spacial score (nSPS) is 11.4. The minimum absolute atomic E-state index is 0.251. The first kappa shape index (κ1) is 21.2. The molecule has 2 aromatic carbocycles. The number of ether oxygens (including phenoxy) is 2. The molecule has 0 amide bonds. The van der Waals surface area contributed by atoms with Crippen molar-refractivity contribution in [2.45, 2.75) is 12.9 Å². The Balaban J connectivity index is 1.44. The summed E-state index contributed by atoms with van der Waals surface area (Å²) < 4.78 is 51.4. The van der Waals surface area contributed by atoms with Crippen LogP contribution in [0.25, 0.3) is 22.6 Å². The lowest BCUT2D eigenvalue weighted by Crippen LogP contribution is -2.17. The maximum atomic E-state index is 12.4. The predicted molar refractivity (Wildman–Crippen MR) is 109 cm³/mol. The van der Waals surface area contributed by atoms with Crippen LogP contribution < -0.4 is 10.1 Å². The van der Waals surface area contributed by atoms with Gasteiger partial charge < -0.3 is 19.2 Å². The molecule has 0 saturated heterocycles. The van der Waals surface area contributed by atoms with Crippen molar-refractivity contribution in [3.05, 3.63) is 71.9 Å². The molecule has 164 valence electrons. The smallest absolute Gasteiger partial charge is 0.465 e. The number of hydrogen-bond donors (Lipinski definition) is 1. The summed E-state index contributed by atoms with van der Waals surface area (Å²) in [5, 5.41) is 3.03. The van der Waals surface area contributed by atoms with E-state index in [0.29, 0.717) is 39.5 Å². The maximum absolute atomic E-state index is 12.4. The van der Waals surface area contributed by atoms with Crippen molar-refractivity contribution >= 4 is 22.9 Å². The Hall–Kier alpha value is -4.08. The number of nitrogens with one attached hydrogen (secondary N) is 1. The molecule has 0 aliphatic carbocycles. The number of carbonyl (C=O) groups is 1. The Morgan fingerprint density at radius 2 is 1.97 bits per heavy atom. The van der Waals surface area contributed by atoms with E-state index in [4.69, 9.17) is 9.15 Å². The van der Waals surface area contributed by atoms with Gasteiger partial charge in [-0.05, 0) is 48.0 Å². The van der Waals surface area contributed by atoms with Crippen molar-refractivity contribution in [2.24, 2.45) is 0 Å². The Morgan fingerprint density at radius 1 is 1.12 bits per heavy atom. The lowest BCUT2D eigenvalue weighted by Gasteiger charge is -2.11. The van der Waals surface area contributed by atoms with Gasteiger partial charge in [-0.1, -0.05) is 12.1 Å². The molecule has 0 atom stereocenters. The second kappa shape index (κ2) is 8.58. The molecule has 32 heavy (non-hydrogen) atoms. The molecule has 0 radical (unpaired) electrons. The van der Waals surface area contributed by atoms with Crippen LogP contribution in [0.4, 0.5) is 19.0 Å². The number of aromatic nitrogens is 2. The molecule has 0 unspecified atom stereocenters. The number of carbonyl (C=O) groups excluding carboxylic acids is 1. The Kier molecular flexibility index (Phi) is 5.67. The number of fused-ring (bicyclic) bond motifs is 1. The number of oxazole rings is 1. The highest BCUT2D eigenvalue weighted by atomic mass is 19.4. The van der Waals surface area contributed by atoms with Crippen molar-refractivity contribution in [2.75, 3.05) is 12.4 Å². The Bertz CT molecular complexity index is 1250. The van der Waals surface area contributed by atoms with Gasteiger partial charge in [0.05, 0.1) is 18.2 Å². The van der Waals surface area contributed by atoms with E-state index in [1.807, 2.05) is 0 Å². The quantitative estimate of drug-likeness (QED) is 0.411. The average Bonchev–Trinajstić information content (AvgIpc) is 3.20. The fourth-order valence-electron chi connectivity index (χ4n) is 2.96. The minimum atomic E-state index is -4.74. The van der Waals surface area contributed by atoms with E-state index >= 15 is 0 Å². The van der Waals surface area contributed by atoms with Crippen LogP contribution in [0.3, 0.4) is 0 Å². The van der Waals surface area contributed by atoms with Gasteiger partial charge in [0.25, 0.3) is 0 Å². The first-order valence-electron chi connectivity index (χ1n) is 9.34. The first-order chi connectivity index (χ1) is 15.3. The summed E-state index contributed by atoms with van der Waals surface area (Å²) in [6.45, 7) is 0.251. The Morgan fingerprint density at radius 3 is 2.69 bits per heavy atom. The molecule has 0 spiro atoms. The van der Waals surface area contributed by atoms with Crippen molar-refractivity contribution in [3.63, 3.8) is 0 Å². The van der Waals surface area contributed by atoms with Crippen LogP contribution in [0.1, 0.15) is 15.9 Å². The predicted octanol–water partition coefficient (Wildman–Crippen LogP) is 5.19. The van der Waals surface area contributed by atoms with Crippen LogP contribution in [-0.2, 0) is 11.3 Å². The van der Waals surface area contributed by atoms with E-state index in [0.717, 1.165) is 0 Å². The summed E-state index contributed by atoms with van der Waals surface area (Å²) in [5.74, 6) is 0.0851. The summed E-state index contributed by atoms with van der Waals surface area (Å²) in [6, 6.07) is 13.9. The van der Waals surface area contributed by atoms with E-state index in [-0.39, 0.29) is 12.3 Å². The standard InChI is InChI=1S/C22H16F3N3O4/c1-30-21(29)14-5-7-17-18(10-14)31-20(28-17)15-6-8-19(27-12-15)26-11-13-3-2-4-16(9-13)32-22(23,24)25/h2-10,12H,11H2,1H3,(H,26,27). The zero-order valence-electron chi connectivity index (χ0n) is 16.6. The molecule has 2 aromatic heterocycles. The van der Waals surface area contributed by atoms with Crippen LogP contribution >= 0.6 is 0 Å². The third-order valence-corrected chi connectivity index (χ3v) is 4.43. The molecular formula is C22H16F3N3O4. The van der Waals surface area contributed by atoms with Crippen LogP contribution in [-0.4, -0.2) is 29.4 Å². The number of rotatable bonds is 6. The van der Waals surface area contributed by atoms with Gasteiger partial charge in [0, 0.05) is 12.7 Å². The number of pyridine rings is 1. The van der Waals surface area contributed by atoms with Gasteiger partial charge >= 0.3 is 12.3 Å². The number of hydrogen-bond acceptors (Lipinski definition) is 7. The molecule has 0 aliphatic heterocycles. The average molecular weight is 443 g/mol. The van der Waals surface area contributed by atoms with Gasteiger partial charge in [-0.25, -0.2) is 14.8 Å². The number of alkyl halides is 3. The van der Waals surface area contributed by atoms with Crippen LogP contribution in [0.2, 0.25) is 0 Å². The summed E-state index contributed by atoms with van der Waals surface area (Å²) in [4.78, 5) is 20.3. The summed E-state index contributed by atoms with van der Waals surface area (Å²) in [5.41, 5.74) is 2.58. The highest BCUT2D eigenvalue weighted by molar-refractivity contribution is 5.93. The molecule has 2 heterocycles.